The van der Waals surface area contributed by atoms with Crippen LogP contribution >= 0.6 is 7.05 Å². The average molecular weight is 521 g/mol. The zero-order chi connectivity index (χ0) is 26.8. The standard InChI is InChI=1S/C29H25BNP.C7H8/c1-6-16-26(17-7-1)31(30-24-14-5-15-25-30)32(27-18-8-2-9-19-27,28-20-10-3-11-21-28)29-22-12-4-13-23-29;1-7-5-3-2-4-6-7/h1-25H;2-6H,1H3. The highest BCUT2D eigenvalue weighted by Crippen LogP contribution is 2.49. The minimum Gasteiger partial charge on any atom is -0.306 e. The van der Waals surface area contributed by atoms with E-state index >= 15 is 0 Å². The highest BCUT2D eigenvalue weighted by atomic mass is 31.2. The van der Waals surface area contributed by atoms with Gasteiger partial charge >= 0.3 is 6.85 Å². The maximum atomic E-state index is 2.66. The van der Waals surface area contributed by atoms with Crippen LogP contribution in [0.1, 0.15) is 5.56 Å². The highest BCUT2D eigenvalue weighted by molar-refractivity contribution is 7.85. The third kappa shape index (κ3) is 5.93. The van der Waals surface area contributed by atoms with Crippen molar-refractivity contribution in [3.05, 3.63) is 188 Å². The fraction of sp³-hybridized carbons (Fsp3) is 0.0278. The van der Waals surface area contributed by atoms with Crippen LogP contribution in [0, 0.1) is 13.2 Å². The van der Waals surface area contributed by atoms with Crippen molar-refractivity contribution in [2.24, 2.45) is 0 Å². The second-order valence-electron chi connectivity index (χ2n) is 9.43. The molecule has 0 fully saturated rings. The van der Waals surface area contributed by atoms with E-state index in [1.54, 1.807) is 0 Å². The SMILES string of the molecule is C1=C[CH-]B([N+](c2ccccc2)=P(c2ccccc2)(c2ccccc2)c2ccccc2)C=C1.Cc1ccccc1. The van der Waals surface area contributed by atoms with Crippen molar-refractivity contribution >= 4 is 35.5 Å². The predicted octanol–water partition coefficient (Wildman–Crippen LogP) is 7.90. The van der Waals surface area contributed by atoms with Crippen LogP contribution in [0.5, 0.6) is 0 Å². The van der Waals surface area contributed by atoms with E-state index in [0.29, 0.717) is 0 Å². The van der Waals surface area contributed by atoms with Crippen molar-refractivity contribution in [1.29, 1.82) is 0 Å². The van der Waals surface area contributed by atoms with E-state index in [9.17, 15) is 0 Å². The van der Waals surface area contributed by atoms with E-state index in [4.69, 9.17) is 0 Å². The van der Waals surface area contributed by atoms with Gasteiger partial charge in [0.15, 0.2) is 12.7 Å². The van der Waals surface area contributed by atoms with E-state index in [2.05, 4.69) is 175 Å². The summed E-state index contributed by atoms with van der Waals surface area (Å²) in [5.74, 6) is 2.30. The number of nitrogens with zero attached hydrogens (tertiary/aromatic N) is 1. The number of allylic oxidation sites excluding steroid dienone is 3. The Morgan fingerprint density at radius 3 is 1.28 bits per heavy atom. The lowest BCUT2D eigenvalue weighted by Gasteiger charge is -2.31. The molecular formula is C36H33BNP. The molecule has 190 valence electrons. The van der Waals surface area contributed by atoms with Gasteiger partial charge < -0.3 is 4.24 Å². The van der Waals surface area contributed by atoms with Gasteiger partial charge in [-0.25, -0.2) is 12.2 Å². The Labute approximate surface area is 234 Å². The van der Waals surface area contributed by atoms with Gasteiger partial charge in [-0.2, -0.15) is 12.4 Å². The average Bonchev–Trinajstić information content (AvgIpc) is 3.03. The lowest BCUT2D eigenvalue weighted by Crippen LogP contribution is -2.37. The van der Waals surface area contributed by atoms with Gasteiger partial charge in [-0.3, -0.25) is 0 Å². The molecule has 5 aromatic rings. The number of hydrogen-bond donors (Lipinski definition) is 0. The quantitative estimate of drug-likeness (QED) is 0.126. The summed E-state index contributed by atoms with van der Waals surface area (Å²) in [5, 5.41) is 4.04. The Hall–Kier alpha value is -4.26. The van der Waals surface area contributed by atoms with Crippen LogP contribution in [0.2, 0.25) is 0 Å². The fourth-order valence-corrected chi connectivity index (χ4v) is 9.54. The van der Waals surface area contributed by atoms with Crippen molar-refractivity contribution in [3.63, 3.8) is 0 Å². The monoisotopic (exact) mass is 521 g/mol. The molecule has 39 heavy (non-hydrogen) atoms. The first-order valence-electron chi connectivity index (χ1n) is 13.4. The van der Waals surface area contributed by atoms with Gasteiger partial charge in [0.2, 0.25) is 0 Å². The lowest BCUT2D eigenvalue weighted by molar-refractivity contribution is -0.256. The number of hydrogen-bond acceptors (Lipinski definition) is 0. The topological polar surface area (TPSA) is 3.01 Å². The van der Waals surface area contributed by atoms with E-state index in [1.807, 2.05) is 18.2 Å². The highest BCUT2D eigenvalue weighted by Gasteiger charge is 2.40. The maximum Gasteiger partial charge on any atom is 0.442 e. The van der Waals surface area contributed by atoms with E-state index in [1.165, 1.54) is 27.2 Å². The normalized spacial score (nSPS) is 12.2. The van der Waals surface area contributed by atoms with Gasteiger partial charge in [0, 0.05) is 28.0 Å². The van der Waals surface area contributed by atoms with Crippen molar-refractivity contribution in [3.8, 4) is 0 Å². The Morgan fingerprint density at radius 2 is 0.923 bits per heavy atom. The number of rotatable bonds is 5. The van der Waals surface area contributed by atoms with Crippen LogP contribution in [-0.4, -0.2) is 11.1 Å². The van der Waals surface area contributed by atoms with Crippen LogP contribution in [0.15, 0.2) is 176 Å². The van der Waals surface area contributed by atoms with E-state index in [0.717, 1.165) is 0 Å². The van der Waals surface area contributed by atoms with Gasteiger partial charge in [0.05, 0.1) is 0 Å². The van der Waals surface area contributed by atoms with E-state index in [-0.39, 0.29) is 6.85 Å². The molecule has 0 radical (unpaired) electrons. The van der Waals surface area contributed by atoms with Gasteiger partial charge in [0.1, 0.15) is 0 Å². The minimum absolute atomic E-state index is 0.136. The molecule has 0 aliphatic carbocycles. The molecule has 0 bridgehead atoms. The second kappa shape index (κ2) is 13.0. The van der Waals surface area contributed by atoms with Crippen molar-refractivity contribution in [2.75, 3.05) is 0 Å². The molecule has 0 saturated carbocycles. The van der Waals surface area contributed by atoms with E-state index < -0.39 is 7.05 Å². The van der Waals surface area contributed by atoms with Crippen LogP contribution in [0.25, 0.3) is 0 Å². The third-order valence-electron chi connectivity index (χ3n) is 6.80. The molecule has 0 saturated heterocycles. The number of para-hydroxylation sites is 1. The summed E-state index contributed by atoms with van der Waals surface area (Å²) in [7, 11) is -2.24. The summed E-state index contributed by atoms with van der Waals surface area (Å²) in [4.78, 5) is 0. The molecule has 0 spiro atoms. The second-order valence-corrected chi connectivity index (χ2v) is 12.7. The molecule has 6 rings (SSSR count). The molecule has 1 nitrogen and oxygen atoms in total. The first-order chi connectivity index (χ1) is 19.3. The number of benzene rings is 5. The molecule has 1 heterocycles. The molecule has 0 aromatic heterocycles. The predicted molar refractivity (Wildman–Crippen MR) is 171 cm³/mol. The lowest BCUT2D eigenvalue weighted by atomic mass is 9.57. The Bertz CT molecular complexity index is 1460. The minimum atomic E-state index is -2.24. The Balaban J connectivity index is 0.000000384. The molecular weight excluding hydrogens is 488 g/mol. The van der Waals surface area contributed by atoms with Gasteiger partial charge in [-0.15, -0.1) is 0 Å². The summed E-state index contributed by atoms with van der Waals surface area (Å²) in [5.41, 5.74) is 2.54. The summed E-state index contributed by atoms with van der Waals surface area (Å²) in [6.45, 7) is 2.22. The Morgan fingerprint density at radius 1 is 0.513 bits per heavy atom. The largest absolute Gasteiger partial charge is 0.442 e. The maximum absolute atomic E-state index is 2.66. The zero-order valence-corrected chi connectivity index (χ0v) is 23.2. The molecule has 3 heteroatoms. The molecule has 0 unspecified atom stereocenters. The summed E-state index contributed by atoms with van der Waals surface area (Å²) >= 11 is 0. The summed E-state index contributed by atoms with van der Waals surface area (Å²) < 4.78 is 2.66. The van der Waals surface area contributed by atoms with Crippen LogP contribution < -0.4 is 15.9 Å². The van der Waals surface area contributed by atoms with Gasteiger partial charge in [-0.05, 0) is 43.3 Å². The van der Waals surface area contributed by atoms with Crippen LogP contribution in [0.3, 0.4) is 0 Å². The Kier molecular flexibility index (Phi) is 8.79. The molecule has 0 amide bonds. The zero-order valence-electron chi connectivity index (χ0n) is 22.3. The van der Waals surface area contributed by atoms with Crippen molar-refractivity contribution in [2.45, 2.75) is 6.92 Å². The first kappa shape index (κ1) is 26.4. The molecule has 0 atom stereocenters. The smallest absolute Gasteiger partial charge is 0.306 e. The molecule has 0 N–H and O–H groups in total. The van der Waals surface area contributed by atoms with Crippen molar-refractivity contribution in [1.82, 2.24) is 0 Å². The molecule has 5 aromatic carbocycles. The van der Waals surface area contributed by atoms with Crippen LogP contribution in [-0.2, 0) is 0 Å². The first-order valence-corrected chi connectivity index (χ1v) is 15.1. The summed E-state index contributed by atoms with van der Waals surface area (Å²) in [6, 6.07) is 54.2. The van der Waals surface area contributed by atoms with Gasteiger partial charge in [0.25, 0.3) is 0 Å². The molecule has 1 aliphatic heterocycles. The number of aryl methyl sites for hydroxylation is 1. The summed E-state index contributed by atoms with van der Waals surface area (Å²) in [6.07, 6.45) is 8.73. The van der Waals surface area contributed by atoms with Gasteiger partial charge in [-0.1, -0.05) is 115 Å². The molecule has 1 aliphatic rings. The van der Waals surface area contributed by atoms with Crippen LogP contribution in [0.4, 0.5) is 5.69 Å². The van der Waals surface area contributed by atoms with Crippen molar-refractivity contribution < 1.29 is 4.24 Å². The fourth-order valence-electron chi connectivity index (χ4n) is 5.06. The third-order valence-corrected chi connectivity index (χ3v) is 11.1.